The molecular formula is C5H11O5P. The molecule has 0 fully saturated rings. The van der Waals surface area contributed by atoms with Crippen LogP contribution in [-0.2, 0) is 9.36 Å². The number of carboxylic acid groups (broad SMARTS) is 1. The summed E-state index contributed by atoms with van der Waals surface area (Å²) in [6, 6.07) is 0. The summed E-state index contributed by atoms with van der Waals surface area (Å²) in [5.74, 6) is -1.36. The molecule has 0 amide bonds. The molecule has 0 aromatic rings. The summed E-state index contributed by atoms with van der Waals surface area (Å²) in [6.07, 6.45) is -1.88. The fourth-order valence-corrected chi connectivity index (χ4v) is 1.21. The zero-order chi connectivity index (χ0) is 9.07. The predicted molar refractivity (Wildman–Crippen MR) is 38.9 cm³/mol. The van der Waals surface area contributed by atoms with Crippen LogP contribution in [0.3, 0.4) is 0 Å². The van der Waals surface area contributed by atoms with Crippen LogP contribution in [0.5, 0.6) is 0 Å². The van der Waals surface area contributed by atoms with E-state index in [0.717, 1.165) is 6.66 Å². The van der Waals surface area contributed by atoms with Crippen molar-refractivity contribution in [2.75, 3.05) is 12.8 Å². The predicted octanol–water partition coefficient (Wildman–Crippen LogP) is -0.278. The lowest BCUT2D eigenvalue weighted by atomic mass is 10.3. The van der Waals surface area contributed by atoms with Crippen LogP contribution < -0.4 is 0 Å². The van der Waals surface area contributed by atoms with E-state index < -0.39 is 19.4 Å². The largest absolute Gasteiger partial charge is 0.479 e. The van der Waals surface area contributed by atoms with Gasteiger partial charge in [0.15, 0.2) is 13.5 Å². The van der Waals surface area contributed by atoms with Gasteiger partial charge >= 0.3 is 5.97 Å². The van der Waals surface area contributed by atoms with Crippen molar-refractivity contribution >= 4 is 13.3 Å². The fraction of sp³-hybridized carbons (Fsp3) is 0.800. The first-order chi connectivity index (χ1) is 4.83. The van der Waals surface area contributed by atoms with Crippen molar-refractivity contribution in [1.29, 1.82) is 0 Å². The van der Waals surface area contributed by atoms with Gasteiger partial charge in [-0.15, -0.1) is 0 Å². The van der Waals surface area contributed by atoms with E-state index in [0.29, 0.717) is 0 Å². The van der Waals surface area contributed by atoms with Gasteiger partial charge in [0.2, 0.25) is 0 Å². The lowest BCUT2D eigenvalue weighted by Gasteiger charge is -2.06. The first-order valence-electron chi connectivity index (χ1n) is 3.03. The summed E-state index contributed by atoms with van der Waals surface area (Å²) in [7, 11) is -3.18. The topological polar surface area (TPSA) is 94.8 Å². The average Bonchev–Trinajstić information content (AvgIpc) is 1.80. The molecule has 0 rings (SSSR count). The Hall–Kier alpha value is -0.380. The van der Waals surface area contributed by atoms with Gasteiger partial charge in [0.1, 0.15) is 0 Å². The van der Waals surface area contributed by atoms with E-state index >= 15 is 0 Å². The summed E-state index contributed by atoms with van der Waals surface area (Å²) in [6.45, 7) is 1.13. The van der Waals surface area contributed by atoms with Crippen molar-refractivity contribution in [2.45, 2.75) is 12.5 Å². The molecular weight excluding hydrogens is 171 g/mol. The highest BCUT2D eigenvalue weighted by Gasteiger charge is 2.17. The third-order valence-electron chi connectivity index (χ3n) is 1.10. The lowest BCUT2D eigenvalue weighted by molar-refractivity contribution is -0.146. The molecule has 0 aromatic heterocycles. The summed E-state index contributed by atoms with van der Waals surface area (Å²) >= 11 is 0. The Morgan fingerprint density at radius 3 is 2.36 bits per heavy atom. The quantitative estimate of drug-likeness (QED) is 0.520. The van der Waals surface area contributed by atoms with E-state index in [1.807, 2.05) is 0 Å². The van der Waals surface area contributed by atoms with Crippen LogP contribution in [0.25, 0.3) is 0 Å². The zero-order valence-electron chi connectivity index (χ0n) is 6.10. The normalized spacial score (nSPS) is 18.8. The summed E-state index contributed by atoms with van der Waals surface area (Å²) in [4.78, 5) is 18.7. The second-order valence-electron chi connectivity index (χ2n) is 2.42. The molecule has 0 bridgehead atoms. The number of hydrogen-bond donors (Lipinski definition) is 3. The molecule has 0 saturated carbocycles. The van der Waals surface area contributed by atoms with E-state index in [4.69, 9.17) is 15.1 Å². The van der Waals surface area contributed by atoms with Gasteiger partial charge in [-0.3, -0.25) is 4.57 Å². The minimum absolute atomic E-state index is 0.166. The highest BCUT2D eigenvalue weighted by molar-refractivity contribution is 7.57. The molecule has 6 heteroatoms. The van der Waals surface area contributed by atoms with Gasteiger partial charge in [-0.1, -0.05) is 0 Å². The van der Waals surface area contributed by atoms with Gasteiger partial charge in [-0.05, 0) is 6.42 Å². The Morgan fingerprint density at radius 1 is 1.64 bits per heavy atom. The standard InChI is InChI=1S/C5H11O5P/c1-11(9,10)3-2-4(6)5(7)8/h4,6H,2-3H2,1H3,(H,7,8)(H,9,10). The summed E-state index contributed by atoms with van der Waals surface area (Å²) < 4.78 is 10.6. The minimum atomic E-state index is -3.18. The van der Waals surface area contributed by atoms with E-state index in [-0.39, 0.29) is 12.6 Å². The molecule has 0 radical (unpaired) electrons. The Labute approximate surface area is 64.1 Å². The van der Waals surface area contributed by atoms with Crippen molar-refractivity contribution in [3.8, 4) is 0 Å². The molecule has 0 aliphatic heterocycles. The molecule has 2 unspecified atom stereocenters. The van der Waals surface area contributed by atoms with Gasteiger partial charge in [-0.25, -0.2) is 4.79 Å². The number of aliphatic hydroxyl groups is 1. The molecule has 0 aliphatic carbocycles. The SMILES string of the molecule is CP(=O)(O)CCC(O)C(=O)O. The van der Waals surface area contributed by atoms with Crippen LogP contribution in [0.4, 0.5) is 0 Å². The molecule has 0 heterocycles. The van der Waals surface area contributed by atoms with Crippen molar-refractivity contribution in [2.24, 2.45) is 0 Å². The average molecular weight is 182 g/mol. The monoisotopic (exact) mass is 182 g/mol. The molecule has 2 atom stereocenters. The number of carbonyl (C=O) groups is 1. The Bertz CT molecular complexity index is 183. The molecule has 0 spiro atoms. The third-order valence-corrected chi connectivity index (χ3v) is 2.19. The first kappa shape index (κ1) is 10.6. The Kier molecular flexibility index (Phi) is 3.72. The van der Waals surface area contributed by atoms with Gasteiger partial charge in [0.05, 0.1) is 0 Å². The Morgan fingerprint density at radius 2 is 2.09 bits per heavy atom. The van der Waals surface area contributed by atoms with Gasteiger partial charge in [0, 0.05) is 12.8 Å². The van der Waals surface area contributed by atoms with Crippen molar-refractivity contribution in [3.63, 3.8) is 0 Å². The van der Waals surface area contributed by atoms with Crippen LogP contribution in [0, 0.1) is 0 Å². The number of rotatable bonds is 4. The molecule has 11 heavy (non-hydrogen) atoms. The highest BCUT2D eigenvalue weighted by Crippen LogP contribution is 2.35. The molecule has 0 saturated heterocycles. The third kappa shape index (κ3) is 6.04. The number of aliphatic carboxylic acids is 1. The van der Waals surface area contributed by atoms with Gasteiger partial charge in [-0.2, -0.15) is 0 Å². The molecule has 5 nitrogen and oxygen atoms in total. The van der Waals surface area contributed by atoms with Crippen LogP contribution in [0.1, 0.15) is 6.42 Å². The van der Waals surface area contributed by atoms with Gasteiger partial charge in [0.25, 0.3) is 0 Å². The molecule has 0 aliphatic rings. The number of carboxylic acids is 1. The van der Waals surface area contributed by atoms with E-state index in [9.17, 15) is 9.36 Å². The maximum absolute atomic E-state index is 10.6. The first-order valence-corrected chi connectivity index (χ1v) is 5.32. The van der Waals surface area contributed by atoms with Gasteiger partial charge < -0.3 is 15.1 Å². The minimum Gasteiger partial charge on any atom is -0.479 e. The zero-order valence-corrected chi connectivity index (χ0v) is 6.99. The second-order valence-corrected chi connectivity index (χ2v) is 4.97. The molecule has 66 valence electrons. The maximum Gasteiger partial charge on any atom is 0.332 e. The second kappa shape index (κ2) is 3.85. The lowest BCUT2D eigenvalue weighted by Crippen LogP contribution is -2.20. The van der Waals surface area contributed by atoms with Crippen LogP contribution in [0.2, 0.25) is 0 Å². The summed E-state index contributed by atoms with van der Waals surface area (Å²) in [5, 5.41) is 16.8. The number of aliphatic hydroxyl groups excluding tert-OH is 1. The van der Waals surface area contributed by atoms with Crippen LogP contribution >= 0.6 is 7.37 Å². The van der Waals surface area contributed by atoms with E-state index in [1.165, 1.54) is 0 Å². The van der Waals surface area contributed by atoms with Crippen molar-refractivity contribution < 1.29 is 24.5 Å². The smallest absolute Gasteiger partial charge is 0.332 e. The van der Waals surface area contributed by atoms with Crippen LogP contribution in [0.15, 0.2) is 0 Å². The van der Waals surface area contributed by atoms with Crippen molar-refractivity contribution in [3.05, 3.63) is 0 Å². The van der Waals surface area contributed by atoms with Crippen molar-refractivity contribution in [1.82, 2.24) is 0 Å². The van der Waals surface area contributed by atoms with Crippen LogP contribution in [-0.4, -0.2) is 40.0 Å². The maximum atomic E-state index is 10.6. The highest BCUT2D eigenvalue weighted by atomic mass is 31.2. The molecule has 0 aromatic carbocycles. The summed E-state index contributed by atoms with van der Waals surface area (Å²) in [5.41, 5.74) is 0. The Balaban J connectivity index is 3.72. The fourth-order valence-electron chi connectivity index (χ4n) is 0.485. The molecule has 3 N–H and O–H groups in total. The van der Waals surface area contributed by atoms with E-state index in [2.05, 4.69) is 0 Å². The number of hydrogen-bond acceptors (Lipinski definition) is 3. The van der Waals surface area contributed by atoms with E-state index in [1.54, 1.807) is 0 Å².